The summed E-state index contributed by atoms with van der Waals surface area (Å²) in [7, 11) is 0. The normalized spacial score (nSPS) is 10.2. The number of carbonyl (C=O) groups excluding carboxylic acids is 1. The molecule has 0 saturated heterocycles. The van der Waals surface area contributed by atoms with Crippen LogP contribution in [0.15, 0.2) is 30.6 Å². The Morgan fingerprint density at radius 1 is 1.50 bits per heavy atom. The molecule has 0 N–H and O–H groups in total. The molecule has 0 unspecified atom stereocenters. The number of ether oxygens (including phenoxy) is 1. The van der Waals surface area contributed by atoms with Crippen LogP contribution in [0.1, 0.15) is 6.92 Å². The van der Waals surface area contributed by atoms with E-state index in [1.165, 1.54) is 23.1 Å². The van der Waals surface area contributed by atoms with Crippen molar-refractivity contribution in [2.24, 2.45) is 0 Å². The number of nitro groups is 1. The van der Waals surface area contributed by atoms with Gasteiger partial charge in [-0.25, -0.2) is 9.67 Å². The molecule has 0 saturated carbocycles. The fourth-order valence-corrected chi connectivity index (χ4v) is 1.60. The molecule has 0 radical (unpaired) electrons. The molecule has 0 aliphatic heterocycles. The molecule has 0 atom stereocenters. The lowest BCUT2D eigenvalue weighted by atomic mass is 10.2. The lowest BCUT2D eigenvalue weighted by Gasteiger charge is -2.00. The number of nitrogens with zero attached hydrogens (tertiary/aromatic N) is 4. The van der Waals surface area contributed by atoms with Crippen LogP contribution in [-0.2, 0) is 16.1 Å². The van der Waals surface area contributed by atoms with Crippen LogP contribution in [0.4, 0.5) is 5.69 Å². The first-order valence-corrected chi connectivity index (χ1v) is 5.90. The third-order valence-electron chi connectivity index (χ3n) is 2.45. The molecule has 0 bridgehead atoms. The molecule has 0 spiro atoms. The number of nitro benzene ring substituents is 1. The van der Waals surface area contributed by atoms with Crippen molar-refractivity contribution in [2.75, 3.05) is 6.61 Å². The number of rotatable bonds is 5. The molecular weight excluding hydrogens is 264 g/mol. The van der Waals surface area contributed by atoms with Crippen molar-refractivity contribution in [2.45, 2.75) is 13.5 Å². The second-order valence-corrected chi connectivity index (χ2v) is 3.88. The summed E-state index contributed by atoms with van der Waals surface area (Å²) in [6, 6.07) is 5.99. The molecule has 1 aromatic carbocycles. The first kappa shape index (κ1) is 13.7. The van der Waals surface area contributed by atoms with E-state index in [2.05, 4.69) is 10.1 Å². The van der Waals surface area contributed by atoms with Gasteiger partial charge in [-0.15, -0.1) is 0 Å². The maximum absolute atomic E-state index is 11.3. The number of carbonyl (C=O) groups is 1. The molecule has 0 aliphatic carbocycles. The summed E-state index contributed by atoms with van der Waals surface area (Å²) in [4.78, 5) is 25.5. The molecular formula is C12H12N4O4. The Bertz CT molecular complexity index is 638. The van der Waals surface area contributed by atoms with E-state index in [1.807, 2.05) is 0 Å². The molecule has 8 nitrogen and oxygen atoms in total. The molecule has 2 aromatic rings. The van der Waals surface area contributed by atoms with Gasteiger partial charge in [0.1, 0.15) is 12.9 Å². The highest BCUT2D eigenvalue weighted by Gasteiger charge is 2.11. The second kappa shape index (κ2) is 5.91. The number of non-ortho nitro benzene ring substituents is 1. The van der Waals surface area contributed by atoms with E-state index in [0.717, 1.165) is 0 Å². The molecule has 0 fully saturated rings. The molecule has 2 rings (SSSR count). The van der Waals surface area contributed by atoms with Crippen molar-refractivity contribution in [3.63, 3.8) is 0 Å². The van der Waals surface area contributed by atoms with E-state index in [0.29, 0.717) is 18.0 Å². The third kappa shape index (κ3) is 3.16. The van der Waals surface area contributed by atoms with Crippen LogP contribution >= 0.6 is 0 Å². The van der Waals surface area contributed by atoms with Gasteiger partial charge in [-0.1, -0.05) is 12.1 Å². The highest BCUT2D eigenvalue weighted by atomic mass is 16.6. The number of esters is 1. The van der Waals surface area contributed by atoms with E-state index in [9.17, 15) is 14.9 Å². The SMILES string of the molecule is CCOC(=O)Cn1cnc(-c2cccc([N+](=O)[O-])c2)n1. The number of hydrogen-bond acceptors (Lipinski definition) is 6. The molecule has 1 aromatic heterocycles. The van der Waals surface area contributed by atoms with E-state index in [-0.39, 0.29) is 12.2 Å². The standard InChI is InChI=1S/C12H12N4O4/c1-2-20-11(17)7-15-8-13-12(14-15)9-4-3-5-10(6-9)16(18)19/h3-6,8H,2,7H2,1H3. The maximum atomic E-state index is 11.3. The Kier molecular flexibility index (Phi) is 4.04. The summed E-state index contributed by atoms with van der Waals surface area (Å²) >= 11 is 0. The quantitative estimate of drug-likeness (QED) is 0.465. The molecule has 1 heterocycles. The molecule has 0 amide bonds. The van der Waals surface area contributed by atoms with Crippen LogP contribution in [0.2, 0.25) is 0 Å². The largest absolute Gasteiger partial charge is 0.465 e. The average Bonchev–Trinajstić information content (AvgIpc) is 2.87. The zero-order chi connectivity index (χ0) is 14.5. The van der Waals surface area contributed by atoms with E-state index >= 15 is 0 Å². The maximum Gasteiger partial charge on any atom is 0.327 e. The van der Waals surface area contributed by atoms with Gasteiger partial charge in [-0.3, -0.25) is 14.9 Å². The minimum absolute atomic E-state index is 0.0377. The third-order valence-corrected chi connectivity index (χ3v) is 2.45. The average molecular weight is 276 g/mol. The minimum atomic E-state index is -0.487. The van der Waals surface area contributed by atoms with Crippen molar-refractivity contribution in [3.05, 3.63) is 40.7 Å². The van der Waals surface area contributed by atoms with Crippen molar-refractivity contribution in [1.29, 1.82) is 0 Å². The fourth-order valence-electron chi connectivity index (χ4n) is 1.60. The Hall–Kier alpha value is -2.77. The van der Waals surface area contributed by atoms with Gasteiger partial charge < -0.3 is 4.74 Å². The van der Waals surface area contributed by atoms with Gasteiger partial charge in [0.15, 0.2) is 5.82 Å². The van der Waals surface area contributed by atoms with Gasteiger partial charge in [0.25, 0.3) is 5.69 Å². The second-order valence-electron chi connectivity index (χ2n) is 3.88. The number of hydrogen-bond donors (Lipinski definition) is 0. The van der Waals surface area contributed by atoms with E-state index in [1.54, 1.807) is 19.1 Å². The first-order chi connectivity index (χ1) is 9.60. The van der Waals surface area contributed by atoms with Gasteiger partial charge in [-0.2, -0.15) is 5.10 Å². The lowest BCUT2D eigenvalue weighted by Crippen LogP contribution is -2.13. The molecule has 104 valence electrons. The monoisotopic (exact) mass is 276 g/mol. The molecule has 0 aliphatic rings. The van der Waals surface area contributed by atoms with Gasteiger partial charge in [0.05, 0.1) is 11.5 Å². The van der Waals surface area contributed by atoms with Crippen LogP contribution in [0, 0.1) is 10.1 Å². The molecule has 20 heavy (non-hydrogen) atoms. The van der Waals surface area contributed by atoms with Gasteiger partial charge in [-0.05, 0) is 6.92 Å². The summed E-state index contributed by atoms with van der Waals surface area (Å²) in [6.07, 6.45) is 1.38. The predicted molar refractivity (Wildman–Crippen MR) is 68.7 cm³/mol. The van der Waals surface area contributed by atoms with Crippen molar-refractivity contribution in [1.82, 2.24) is 14.8 Å². The Morgan fingerprint density at radius 2 is 2.30 bits per heavy atom. The zero-order valence-corrected chi connectivity index (χ0v) is 10.7. The zero-order valence-electron chi connectivity index (χ0n) is 10.7. The Morgan fingerprint density at radius 3 is 3.00 bits per heavy atom. The Labute approximate surface area is 114 Å². The van der Waals surface area contributed by atoms with Crippen molar-refractivity contribution in [3.8, 4) is 11.4 Å². The van der Waals surface area contributed by atoms with Crippen LogP contribution < -0.4 is 0 Å². The van der Waals surface area contributed by atoms with Crippen LogP contribution in [0.25, 0.3) is 11.4 Å². The first-order valence-electron chi connectivity index (χ1n) is 5.90. The van der Waals surface area contributed by atoms with Crippen LogP contribution in [-0.4, -0.2) is 32.3 Å². The fraction of sp³-hybridized carbons (Fsp3) is 0.250. The van der Waals surface area contributed by atoms with E-state index in [4.69, 9.17) is 4.74 Å². The van der Waals surface area contributed by atoms with Crippen LogP contribution in [0.5, 0.6) is 0 Å². The topological polar surface area (TPSA) is 100 Å². The summed E-state index contributed by atoms with van der Waals surface area (Å²) in [5.41, 5.74) is 0.478. The number of aromatic nitrogens is 3. The predicted octanol–water partition coefficient (Wildman–Crippen LogP) is 1.42. The van der Waals surface area contributed by atoms with Gasteiger partial charge >= 0.3 is 5.97 Å². The summed E-state index contributed by atoms with van der Waals surface area (Å²) < 4.78 is 6.12. The van der Waals surface area contributed by atoms with E-state index < -0.39 is 10.9 Å². The summed E-state index contributed by atoms with van der Waals surface area (Å²) in [6.45, 7) is 1.97. The summed E-state index contributed by atoms with van der Waals surface area (Å²) in [5.74, 6) is -0.0963. The van der Waals surface area contributed by atoms with Gasteiger partial charge in [0, 0.05) is 17.7 Å². The highest BCUT2D eigenvalue weighted by Crippen LogP contribution is 2.20. The summed E-state index contributed by atoms with van der Waals surface area (Å²) in [5, 5.41) is 14.8. The highest BCUT2D eigenvalue weighted by molar-refractivity contribution is 5.69. The lowest BCUT2D eigenvalue weighted by molar-refractivity contribution is -0.384. The molecule has 8 heteroatoms. The Balaban J connectivity index is 2.18. The van der Waals surface area contributed by atoms with Crippen molar-refractivity contribution >= 4 is 11.7 Å². The van der Waals surface area contributed by atoms with Gasteiger partial charge in [0.2, 0.25) is 0 Å². The van der Waals surface area contributed by atoms with Crippen molar-refractivity contribution < 1.29 is 14.5 Å². The van der Waals surface area contributed by atoms with Crippen LogP contribution in [0.3, 0.4) is 0 Å². The minimum Gasteiger partial charge on any atom is -0.465 e. The number of benzene rings is 1. The smallest absolute Gasteiger partial charge is 0.327 e.